The molecule has 0 fully saturated rings. The van der Waals surface area contributed by atoms with Crippen molar-refractivity contribution in [2.45, 2.75) is 12.3 Å². The van der Waals surface area contributed by atoms with Gasteiger partial charge in [0.05, 0.1) is 5.69 Å². The summed E-state index contributed by atoms with van der Waals surface area (Å²) in [6.07, 6.45) is -2.88. The van der Waals surface area contributed by atoms with Gasteiger partial charge in [-0.25, -0.2) is 18.6 Å². The number of carbonyl (C=O) groups is 1. The largest absolute Gasteiger partial charge is 0.476 e. The molecule has 0 aliphatic rings. The molecule has 1 rings (SSSR count). The molecule has 0 bridgehead atoms. The molecule has 15 heavy (non-hydrogen) atoms. The van der Waals surface area contributed by atoms with Gasteiger partial charge in [0.2, 0.25) is 0 Å². The molecule has 0 radical (unpaired) electrons. The molecule has 0 unspecified atom stereocenters. The third-order valence-corrected chi connectivity index (χ3v) is 2.01. The van der Waals surface area contributed by atoms with E-state index in [1.165, 1.54) is 0 Å². The standard InChI is InChI=1S/C8H7ClF2N2O2/c9-2-3-1-4(12)6(8(14)15)13-5(3)7(10)11/h1,7H,2,12H2,(H,14,15). The molecule has 0 atom stereocenters. The highest BCUT2D eigenvalue weighted by atomic mass is 35.5. The van der Waals surface area contributed by atoms with Crippen molar-refractivity contribution in [1.29, 1.82) is 0 Å². The van der Waals surface area contributed by atoms with Crippen LogP contribution in [0.3, 0.4) is 0 Å². The van der Waals surface area contributed by atoms with Crippen LogP contribution < -0.4 is 5.73 Å². The number of alkyl halides is 3. The fourth-order valence-electron chi connectivity index (χ4n) is 1.05. The minimum absolute atomic E-state index is 0.0363. The van der Waals surface area contributed by atoms with Crippen LogP contribution in [0.25, 0.3) is 0 Å². The van der Waals surface area contributed by atoms with Crippen LogP contribution in [0.1, 0.15) is 28.2 Å². The molecule has 1 heterocycles. The molecule has 0 aromatic carbocycles. The SMILES string of the molecule is Nc1cc(CCl)c(C(F)F)nc1C(=O)O. The number of nitrogens with zero attached hydrogens (tertiary/aromatic N) is 1. The van der Waals surface area contributed by atoms with Crippen molar-refractivity contribution < 1.29 is 18.7 Å². The van der Waals surface area contributed by atoms with Crippen molar-refractivity contribution in [2.75, 3.05) is 5.73 Å². The van der Waals surface area contributed by atoms with Crippen molar-refractivity contribution >= 4 is 23.3 Å². The molecule has 82 valence electrons. The molecule has 0 aliphatic carbocycles. The van der Waals surface area contributed by atoms with Crippen LogP contribution in [-0.2, 0) is 5.88 Å². The maximum Gasteiger partial charge on any atom is 0.356 e. The maximum atomic E-state index is 12.4. The van der Waals surface area contributed by atoms with Gasteiger partial charge in [0.25, 0.3) is 6.43 Å². The minimum Gasteiger partial charge on any atom is -0.476 e. The van der Waals surface area contributed by atoms with Crippen LogP contribution in [-0.4, -0.2) is 16.1 Å². The van der Waals surface area contributed by atoms with E-state index in [1.807, 2.05) is 0 Å². The molecule has 4 nitrogen and oxygen atoms in total. The van der Waals surface area contributed by atoms with Gasteiger partial charge in [0.1, 0.15) is 5.69 Å². The third kappa shape index (κ3) is 2.33. The van der Waals surface area contributed by atoms with Gasteiger partial charge >= 0.3 is 5.97 Å². The number of carboxylic acid groups (broad SMARTS) is 1. The Balaban J connectivity index is 3.37. The first kappa shape index (κ1) is 11.6. The van der Waals surface area contributed by atoms with E-state index >= 15 is 0 Å². The number of hydrogen-bond donors (Lipinski definition) is 2. The summed E-state index contributed by atoms with van der Waals surface area (Å²) >= 11 is 5.40. The Morgan fingerprint density at radius 3 is 2.67 bits per heavy atom. The number of aromatic carboxylic acids is 1. The Kier molecular flexibility index (Phi) is 3.41. The predicted molar refractivity (Wildman–Crippen MR) is 50.1 cm³/mol. The number of nitrogen functional groups attached to an aromatic ring is 1. The number of hydrogen-bond acceptors (Lipinski definition) is 3. The molecule has 3 N–H and O–H groups in total. The van der Waals surface area contributed by atoms with Crippen molar-refractivity contribution in [1.82, 2.24) is 4.98 Å². The van der Waals surface area contributed by atoms with Crippen molar-refractivity contribution in [3.63, 3.8) is 0 Å². The number of halogens is 3. The Labute approximate surface area is 88.7 Å². The maximum absolute atomic E-state index is 12.4. The first-order valence-corrected chi connectivity index (χ1v) is 4.37. The van der Waals surface area contributed by atoms with Gasteiger partial charge in [-0.3, -0.25) is 0 Å². The molecule has 0 amide bonds. The monoisotopic (exact) mass is 236 g/mol. The summed E-state index contributed by atoms with van der Waals surface area (Å²) < 4.78 is 24.9. The smallest absolute Gasteiger partial charge is 0.356 e. The zero-order valence-electron chi connectivity index (χ0n) is 7.38. The lowest BCUT2D eigenvalue weighted by atomic mass is 10.1. The second-order valence-electron chi connectivity index (χ2n) is 2.71. The van der Waals surface area contributed by atoms with E-state index in [2.05, 4.69) is 4.98 Å². The Hall–Kier alpha value is -1.43. The van der Waals surface area contributed by atoms with Gasteiger partial charge < -0.3 is 10.8 Å². The zero-order chi connectivity index (χ0) is 11.6. The lowest BCUT2D eigenvalue weighted by Gasteiger charge is -2.08. The first-order chi connectivity index (χ1) is 6.97. The number of nitrogens with two attached hydrogens (primary N) is 1. The normalized spacial score (nSPS) is 10.7. The summed E-state index contributed by atoms with van der Waals surface area (Å²) in [6.45, 7) is 0. The first-order valence-electron chi connectivity index (χ1n) is 3.84. The molecule has 0 saturated carbocycles. The van der Waals surface area contributed by atoms with Gasteiger partial charge in [0.15, 0.2) is 5.69 Å². The van der Waals surface area contributed by atoms with Gasteiger partial charge in [-0.2, -0.15) is 0 Å². The molecule has 7 heteroatoms. The second kappa shape index (κ2) is 4.39. The van der Waals surface area contributed by atoms with E-state index in [0.29, 0.717) is 0 Å². The van der Waals surface area contributed by atoms with Crippen LogP contribution in [0.5, 0.6) is 0 Å². The quantitative estimate of drug-likeness (QED) is 0.788. The molecule has 0 spiro atoms. The average Bonchev–Trinajstić information content (AvgIpc) is 2.16. The second-order valence-corrected chi connectivity index (χ2v) is 2.98. The lowest BCUT2D eigenvalue weighted by Crippen LogP contribution is -2.10. The molecule has 1 aromatic heterocycles. The van der Waals surface area contributed by atoms with Crippen LogP contribution in [0, 0.1) is 0 Å². The van der Waals surface area contributed by atoms with Crippen LogP contribution in [0.4, 0.5) is 14.5 Å². The van der Waals surface area contributed by atoms with Crippen molar-refractivity contribution in [2.24, 2.45) is 0 Å². The summed E-state index contributed by atoms with van der Waals surface area (Å²) in [5, 5.41) is 8.62. The highest BCUT2D eigenvalue weighted by Crippen LogP contribution is 2.25. The van der Waals surface area contributed by atoms with Crippen LogP contribution in [0.2, 0.25) is 0 Å². The Morgan fingerprint density at radius 2 is 2.27 bits per heavy atom. The lowest BCUT2D eigenvalue weighted by molar-refractivity contribution is 0.0690. The number of anilines is 1. The van der Waals surface area contributed by atoms with E-state index in [-0.39, 0.29) is 17.1 Å². The topological polar surface area (TPSA) is 76.2 Å². The van der Waals surface area contributed by atoms with E-state index in [1.54, 1.807) is 0 Å². The highest BCUT2D eigenvalue weighted by Gasteiger charge is 2.20. The van der Waals surface area contributed by atoms with Crippen LogP contribution in [0.15, 0.2) is 6.07 Å². The summed E-state index contributed by atoms with van der Waals surface area (Å²) in [7, 11) is 0. The predicted octanol–water partition coefficient (Wildman–Crippen LogP) is 2.04. The van der Waals surface area contributed by atoms with Gasteiger partial charge in [-0.15, -0.1) is 11.6 Å². The molecule has 1 aromatic rings. The number of rotatable bonds is 3. The highest BCUT2D eigenvalue weighted by molar-refractivity contribution is 6.17. The third-order valence-electron chi connectivity index (χ3n) is 1.72. The summed E-state index contributed by atoms with van der Waals surface area (Å²) in [4.78, 5) is 13.9. The van der Waals surface area contributed by atoms with E-state index in [0.717, 1.165) is 6.07 Å². The molecular weight excluding hydrogens is 230 g/mol. The summed E-state index contributed by atoms with van der Waals surface area (Å²) in [5.74, 6) is -1.65. The Morgan fingerprint density at radius 1 is 1.67 bits per heavy atom. The number of pyridine rings is 1. The summed E-state index contributed by atoms with van der Waals surface area (Å²) in [5.41, 5.74) is 3.95. The zero-order valence-corrected chi connectivity index (χ0v) is 8.13. The Bertz CT molecular complexity index is 398. The van der Waals surface area contributed by atoms with Gasteiger partial charge in [-0.05, 0) is 11.6 Å². The van der Waals surface area contributed by atoms with E-state index in [9.17, 15) is 13.6 Å². The van der Waals surface area contributed by atoms with Crippen molar-refractivity contribution in [3.8, 4) is 0 Å². The number of aromatic nitrogens is 1. The molecule has 0 aliphatic heterocycles. The van der Waals surface area contributed by atoms with Gasteiger partial charge in [-0.1, -0.05) is 0 Å². The molecular formula is C8H7ClF2N2O2. The van der Waals surface area contributed by atoms with E-state index < -0.39 is 23.8 Å². The fraction of sp³-hybridized carbons (Fsp3) is 0.250. The van der Waals surface area contributed by atoms with Gasteiger partial charge in [0, 0.05) is 5.88 Å². The summed E-state index contributed by atoms with van der Waals surface area (Å²) in [6, 6.07) is 1.10. The molecule has 0 saturated heterocycles. The average molecular weight is 237 g/mol. The van der Waals surface area contributed by atoms with Crippen molar-refractivity contribution in [3.05, 3.63) is 23.0 Å². The minimum atomic E-state index is -2.88. The van der Waals surface area contributed by atoms with E-state index in [4.69, 9.17) is 22.4 Å². The number of carboxylic acids is 1. The fourth-order valence-corrected chi connectivity index (χ4v) is 1.27. The van der Waals surface area contributed by atoms with Crippen LogP contribution >= 0.6 is 11.6 Å².